The lowest BCUT2D eigenvalue weighted by atomic mass is 9.87. The summed E-state index contributed by atoms with van der Waals surface area (Å²) in [5.41, 5.74) is 3.46. The molecular weight excluding hydrogens is 504 g/mol. The minimum atomic E-state index is -3.32. The third kappa shape index (κ3) is 6.11. The molecule has 1 unspecified atom stereocenters. The van der Waals surface area contributed by atoms with Crippen LogP contribution in [0, 0.1) is 18.3 Å². The Balaban J connectivity index is 1.67. The summed E-state index contributed by atoms with van der Waals surface area (Å²) in [7, 11) is -3.32. The molecule has 200 valence electrons. The number of nitrogens with zero attached hydrogens (tertiary/aromatic N) is 2. The van der Waals surface area contributed by atoms with Gasteiger partial charge < -0.3 is 14.6 Å². The van der Waals surface area contributed by atoms with Crippen LogP contribution in [0.4, 0.5) is 0 Å². The van der Waals surface area contributed by atoms with Gasteiger partial charge in [-0.05, 0) is 59.9 Å². The van der Waals surface area contributed by atoms with Gasteiger partial charge in [0.25, 0.3) is 0 Å². The fraction of sp³-hybridized carbons (Fsp3) is 0.310. The Hall–Kier alpha value is -3.55. The summed E-state index contributed by atoms with van der Waals surface area (Å²) in [4.78, 5) is 12.2. The molecule has 3 aromatic rings. The standard InChI is InChI=1S/C29H32N2O6S/c1-3-24-19-31(38(34,35)28-7-5-4-6-27(28)37-24)18-23-16-22(9-8-20(23)2)26(17-29(32)33)21-10-12-25(13-11-21)36-15-14-30/h4-13,16,24,26,34-35H,3,15,17-19H2,1-2H3,(H,32,33)/t24-,26?/m1/s1. The molecule has 0 bridgehead atoms. The quantitative estimate of drug-likeness (QED) is 0.295. The fourth-order valence-electron chi connectivity index (χ4n) is 4.61. The van der Waals surface area contributed by atoms with Crippen molar-refractivity contribution in [2.45, 2.75) is 50.2 Å². The Morgan fingerprint density at radius 3 is 2.55 bits per heavy atom. The first-order valence-electron chi connectivity index (χ1n) is 12.4. The summed E-state index contributed by atoms with van der Waals surface area (Å²) in [5, 5.41) is 18.4. The lowest BCUT2D eigenvalue weighted by molar-refractivity contribution is -0.137. The topological polar surface area (TPSA) is 123 Å². The van der Waals surface area contributed by atoms with Crippen molar-refractivity contribution in [3.63, 3.8) is 0 Å². The van der Waals surface area contributed by atoms with Gasteiger partial charge in [0.2, 0.25) is 0 Å². The maximum absolute atomic E-state index is 11.8. The lowest BCUT2D eigenvalue weighted by Crippen LogP contribution is -2.34. The van der Waals surface area contributed by atoms with Crippen LogP contribution in [-0.4, -0.2) is 43.7 Å². The Labute approximate surface area is 224 Å². The van der Waals surface area contributed by atoms with Crippen LogP contribution in [0.25, 0.3) is 0 Å². The first-order valence-corrected chi connectivity index (χ1v) is 13.9. The van der Waals surface area contributed by atoms with Crippen molar-refractivity contribution < 1.29 is 28.5 Å². The molecule has 2 atom stereocenters. The summed E-state index contributed by atoms with van der Waals surface area (Å²) >= 11 is 0. The first-order chi connectivity index (χ1) is 18.2. The normalized spacial score (nSPS) is 18.2. The Morgan fingerprint density at radius 1 is 1.16 bits per heavy atom. The highest BCUT2D eigenvalue weighted by atomic mass is 32.3. The number of benzene rings is 3. The molecule has 1 aliphatic rings. The van der Waals surface area contributed by atoms with Crippen molar-refractivity contribution in [1.82, 2.24) is 4.31 Å². The van der Waals surface area contributed by atoms with E-state index >= 15 is 0 Å². The van der Waals surface area contributed by atoms with Crippen LogP contribution in [0.1, 0.15) is 47.9 Å². The van der Waals surface area contributed by atoms with E-state index in [1.54, 1.807) is 34.6 Å². The maximum Gasteiger partial charge on any atom is 0.304 e. The molecule has 0 saturated carbocycles. The van der Waals surface area contributed by atoms with Crippen molar-refractivity contribution in [3.05, 3.63) is 89.0 Å². The van der Waals surface area contributed by atoms with Gasteiger partial charge in [-0.25, -0.2) is 0 Å². The van der Waals surface area contributed by atoms with Gasteiger partial charge in [0.15, 0.2) is 6.61 Å². The van der Waals surface area contributed by atoms with Crippen LogP contribution < -0.4 is 9.47 Å². The van der Waals surface area contributed by atoms with Crippen LogP contribution in [0.3, 0.4) is 0 Å². The van der Waals surface area contributed by atoms with Crippen LogP contribution in [0.5, 0.6) is 11.5 Å². The number of ether oxygens (including phenoxy) is 2. The van der Waals surface area contributed by atoms with E-state index in [1.807, 2.05) is 56.3 Å². The fourth-order valence-corrected chi connectivity index (χ4v) is 6.23. The zero-order valence-corrected chi connectivity index (χ0v) is 22.2. The predicted octanol–water partition coefficient (Wildman–Crippen LogP) is 6.20. The third-order valence-electron chi connectivity index (χ3n) is 6.75. The van der Waals surface area contributed by atoms with E-state index in [9.17, 15) is 19.0 Å². The van der Waals surface area contributed by atoms with Gasteiger partial charge in [0.05, 0.1) is 13.0 Å². The zero-order chi connectivity index (χ0) is 27.3. The monoisotopic (exact) mass is 536 g/mol. The van der Waals surface area contributed by atoms with E-state index in [4.69, 9.17) is 14.7 Å². The van der Waals surface area contributed by atoms with E-state index in [-0.39, 0.29) is 25.7 Å². The molecule has 0 saturated heterocycles. The number of hydrogen-bond donors (Lipinski definition) is 3. The van der Waals surface area contributed by atoms with Gasteiger partial charge in [-0.15, -0.1) is 10.8 Å². The Morgan fingerprint density at radius 2 is 1.87 bits per heavy atom. The van der Waals surface area contributed by atoms with Crippen LogP contribution >= 0.6 is 10.8 Å². The summed E-state index contributed by atoms with van der Waals surface area (Å²) < 4.78 is 35.8. The molecule has 0 radical (unpaired) electrons. The second kappa shape index (κ2) is 11.9. The molecular formula is C29H32N2O6S. The highest BCUT2D eigenvalue weighted by Gasteiger charge is 2.35. The number of aryl methyl sites for hydroxylation is 1. The number of carboxylic acid groups (broad SMARTS) is 1. The average molecular weight is 537 g/mol. The lowest BCUT2D eigenvalue weighted by Gasteiger charge is -2.42. The molecule has 1 aliphatic heterocycles. The van der Waals surface area contributed by atoms with Gasteiger partial charge in [-0.3, -0.25) is 13.9 Å². The van der Waals surface area contributed by atoms with Crippen molar-refractivity contribution in [2.24, 2.45) is 0 Å². The molecule has 8 nitrogen and oxygen atoms in total. The second-order valence-electron chi connectivity index (χ2n) is 9.29. The summed E-state index contributed by atoms with van der Waals surface area (Å²) in [6.45, 7) is 4.49. The number of hydrogen-bond acceptors (Lipinski definition) is 7. The molecule has 4 rings (SSSR count). The SMILES string of the molecule is CC[C@@H]1CN(Cc2cc(C(CC(=O)O)c3ccc(OCC#N)cc3)ccc2C)S(O)(O)c2ccccc2O1. The van der Waals surface area contributed by atoms with E-state index < -0.39 is 22.7 Å². The van der Waals surface area contributed by atoms with E-state index in [0.717, 1.165) is 22.3 Å². The first kappa shape index (κ1) is 27.5. The van der Waals surface area contributed by atoms with Gasteiger partial charge in [-0.2, -0.15) is 9.57 Å². The van der Waals surface area contributed by atoms with Crippen LogP contribution in [-0.2, 0) is 11.3 Å². The van der Waals surface area contributed by atoms with Gasteiger partial charge in [0.1, 0.15) is 28.6 Å². The Bertz CT molecular complexity index is 1320. The number of para-hydroxylation sites is 1. The molecule has 3 N–H and O–H groups in total. The molecule has 3 aromatic carbocycles. The molecule has 0 amide bonds. The van der Waals surface area contributed by atoms with Crippen molar-refractivity contribution in [3.8, 4) is 17.6 Å². The van der Waals surface area contributed by atoms with Crippen molar-refractivity contribution in [2.75, 3.05) is 13.2 Å². The predicted molar refractivity (Wildman–Crippen MR) is 145 cm³/mol. The highest BCUT2D eigenvalue weighted by molar-refractivity contribution is 8.22. The van der Waals surface area contributed by atoms with E-state index in [2.05, 4.69) is 0 Å². The Kier molecular flexibility index (Phi) is 8.59. The minimum absolute atomic E-state index is 0.0662. The number of rotatable bonds is 9. The number of fused-ring (bicyclic) bond motifs is 1. The summed E-state index contributed by atoms with van der Waals surface area (Å²) in [5.74, 6) is -0.332. The minimum Gasteiger partial charge on any atom is -0.487 e. The van der Waals surface area contributed by atoms with Crippen molar-refractivity contribution in [1.29, 1.82) is 5.26 Å². The smallest absolute Gasteiger partial charge is 0.304 e. The summed E-state index contributed by atoms with van der Waals surface area (Å²) in [6.07, 6.45) is 0.377. The molecule has 38 heavy (non-hydrogen) atoms. The molecule has 0 aromatic heterocycles. The highest BCUT2D eigenvalue weighted by Crippen LogP contribution is 2.57. The number of aliphatic carboxylic acids is 1. The van der Waals surface area contributed by atoms with Crippen LogP contribution in [0.2, 0.25) is 0 Å². The number of carboxylic acids is 1. The maximum atomic E-state index is 11.8. The average Bonchev–Trinajstić information content (AvgIpc) is 3.01. The van der Waals surface area contributed by atoms with E-state index in [0.29, 0.717) is 29.4 Å². The summed E-state index contributed by atoms with van der Waals surface area (Å²) in [6, 6.07) is 21.8. The zero-order valence-electron chi connectivity index (χ0n) is 21.4. The third-order valence-corrected chi connectivity index (χ3v) is 8.67. The number of nitriles is 1. The van der Waals surface area contributed by atoms with Gasteiger partial charge >= 0.3 is 5.97 Å². The van der Waals surface area contributed by atoms with Crippen molar-refractivity contribution >= 4 is 16.7 Å². The molecule has 9 heteroatoms. The van der Waals surface area contributed by atoms with Gasteiger partial charge in [0, 0.05) is 12.5 Å². The molecule has 1 heterocycles. The molecule has 0 fully saturated rings. The molecule has 0 spiro atoms. The van der Waals surface area contributed by atoms with Gasteiger partial charge in [-0.1, -0.05) is 49.4 Å². The number of carbonyl (C=O) groups is 1. The molecule has 0 aliphatic carbocycles. The largest absolute Gasteiger partial charge is 0.487 e. The van der Waals surface area contributed by atoms with Crippen LogP contribution in [0.15, 0.2) is 71.6 Å². The van der Waals surface area contributed by atoms with E-state index in [1.165, 1.54) is 0 Å². The second-order valence-corrected chi connectivity index (χ2v) is 11.3.